The van der Waals surface area contributed by atoms with E-state index in [4.69, 9.17) is 4.74 Å². The van der Waals surface area contributed by atoms with Gasteiger partial charge in [-0.25, -0.2) is 0 Å². The first kappa shape index (κ1) is 10.5. The summed E-state index contributed by atoms with van der Waals surface area (Å²) >= 11 is 0. The Labute approximate surface area is 79.2 Å². The fraction of sp³-hybridized carbons (Fsp3) is 0.889. The van der Waals surface area contributed by atoms with Crippen LogP contribution in [-0.2, 0) is 9.53 Å². The minimum atomic E-state index is 0.178. The second-order valence-electron chi connectivity index (χ2n) is 3.30. The zero-order chi connectivity index (χ0) is 9.68. The van der Waals surface area contributed by atoms with Crippen LogP contribution in [-0.4, -0.2) is 49.7 Å². The first-order chi connectivity index (χ1) is 6.24. The number of nitrogens with zero attached hydrogens (tertiary/aromatic N) is 1. The molecular weight excluding hydrogens is 168 g/mol. The number of likely N-dealkylation sites (N-methyl/N-ethyl adjacent to an activating group) is 1. The molecule has 0 bridgehead atoms. The van der Waals surface area contributed by atoms with Crippen molar-refractivity contribution in [3.8, 4) is 0 Å². The van der Waals surface area contributed by atoms with E-state index in [2.05, 4.69) is 5.32 Å². The van der Waals surface area contributed by atoms with Crippen LogP contribution in [0.3, 0.4) is 0 Å². The molecular formula is C9H18N2O2. The average Bonchev–Trinajstić information content (AvgIpc) is 2.14. The molecule has 1 aliphatic rings. The number of amides is 1. The van der Waals surface area contributed by atoms with E-state index in [-0.39, 0.29) is 12.0 Å². The van der Waals surface area contributed by atoms with Crippen molar-refractivity contribution < 1.29 is 9.53 Å². The number of morpholine rings is 1. The van der Waals surface area contributed by atoms with Gasteiger partial charge in [0.2, 0.25) is 5.91 Å². The molecule has 4 nitrogen and oxygen atoms in total. The second kappa shape index (κ2) is 5.19. The lowest BCUT2D eigenvalue weighted by molar-refractivity contribution is -0.137. The third-order valence-corrected chi connectivity index (χ3v) is 2.12. The standard InChI is InChI=1S/C9H18N2O2/c1-3-10-6-9(12)11-4-5-13-8(2)7-11/h8,10H,3-7H2,1-2H3. The van der Waals surface area contributed by atoms with Crippen molar-refractivity contribution >= 4 is 5.91 Å². The molecule has 1 atom stereocenters. The number of hydrogen-bond acceptors (Lipinski definition) is 3. The topological polar surface area (TPSA) is 41.6 Å². The molecule has 1 unspecified atom stereocenters. The lowest BCUT2D eigenvalue weighted by atomic mass is 10.3. The Kier molecular flexibility index (Phi) is 4.18. The summed E-state index contributed by atoms with van der Waals surface area (Å²) in [6, 6.07) is 0. The number of hydrogen-bond donors (Lipinski definition) is 1. The normalized spacial score (nSPS) is 23.2. The van der Waals surface area contributed by atoms with Gasteiger partial charge in [-0.3, -0.25) is 4.79 Å². The third kappa shape index (κ3) is 3.32. The minimum absolute atomic E-state index is 0.178. The summed E-state index contributed by atoms with van der Waals surface area (Å²) in [6.45, 7) is 7.40. The summed E-state index contributed by atoms with van der Waals surface area (Å²) in [4.78, 5) is 13.4. The summed E-state index contributed by atoms with van der Waals surface area (Å²) in [7, 11) is 0. The van der Waals surface area contributed by atoms with Crippen molar-refractivity contribution in [2.75, 3.05) is 32.8 Å². The fourth-order valence-electron chi connectivity index (χ4n) is 1.39. The van der Waals surface area contributed by atoms with Gasteiger partial charge in [-0.15, -0.1) is 0 Å². The van der Waals surface area contributed by atoms with Crippen LogP contribution in [0.25, 0.3) is 0 Å². The van der Waals surface area contributed by atoms with Crippen LogP contribution in [0.2, 0.25) is 0 Å². The summed E-state index contributed by atoms with van der Waals surface area (Å²) in [5.74, 6) is 0.178. The molecule has 1 heterocycles. The van der Waals surface area contributed by atoms with Crippen molar-refractivity contribution in [3.05, 3.63) is 0 Å². The maximum Gasteiger partial charge on any atom is 0.236 e. The van der Waals surface area contributed by atoms with E-state index in [1.165, 1.54) is 0 Å². The van der Waals surface area contributed by atoms with Gasteiger partial charge in [0.25, 0.3) is 0 Å². The zero-order valence-electron chi connectivity index (χ0n) is 8.38. The zero-order valence-corrected chi connectivity index (χ0v) is 8.38. The van der Waals surface area contributed by atoms with E-state index < -0.39 is 0 Å². The summed E-state index contributed by atoms with van der Waals surface area (Å²) in [5, 5.41) is 3.03. The number of ether oxygens (including phenoxy) is 1. The van der Waals surface area contributed by atoms with Crippen molar-refractivity contribution in [2.24, 2.45) is 0 Å². The van der Waals surface area contributed by atoms with Crippen LogP contribution in [0.1, 0.15) is 13.8 Å². The Hall–Kier alpha value is -0.610. The predicted molar refractivity (Wildman–Crippen MR) is 50.5 cm³/mol. The highest BCUT2D eigenvalue weighted by Crippen LogP contribution is 2.03. The van der Waals surface area contributed by atoms with Crippen LogP contribution in [0.15, 0.2) is 0 Å². The van der Waals surface area contributed by atoms with Crippen LogP contribution in [0.5, 0.6) is 0 Å². The maximum absolute atomic E-state index is 11.5. The minimum Gasteiger partial charge on any atom is -0.375 e. The summed E-state index contributed by atoms with van der Waals surface area (Å²) < 4.78 is 5.35. The lowest BCUT2D eigenvalue weighted by Crippen LogP contribution is -2.47. The van der Waals surface area contributed by atoms with Crippen LogP contribution >= 0.6 is 0 Å². The average molecular weight is 186 g/mol. The van der Waals surface area contributed by atoms with E-state index in [9.17, 15) is 4.79 Å². The van der Waals surface area contributed by atoms with Crippen molar-refractivity contribution in [3.63, 3.8) is 0 Å². The van der Waals surface area contributed by atoms with Gasteiger partial charge in [0.05, 0.1) is 19.3 Å². The molecule has 1 N–H and O–H groups in total. The number of carbonyl (C=O) groups is 1. The first-order valence-corrected chi connectivity index (χ1v) is 4.84. The molecule has 0 radical (unpaired) electrons. The molecule has 0 spiro atoms. The molecule has 13 heavy (non-hydrogen) atoms. The molecule has 76 valence electrons. The van der Waals surface area contributed by atoms with Gasteiger partial charge in [-0.05, 0) is 13.5 Å². The molecule has 0 aromatic rings. The highest BCUT2D eigenvalue weighted by atomic mass is 16.5. The molecule has 0 saturated carbocycles. The fourth-order valence-corrected chi connectivity index (χ4v) is 1.39. The highest BCUT2D eigenvalue weighted by molar-refractivity contribution is 5.78. The second-order valence-corrected chi connectivity index (χ2v) is 3.30. The Morgan fingerprint density at radius 1 is 1.69 bits per heavy atom. The summed E-state index contributed by atoms with van der Waals surface area (Å²) in [6.07, 6.45) is 0.180. The molecule has 0 aliphatic carbocycles. The number of nitrogens with one attached hydrogen (secondary N) is 1. The smallest absolute Gasteiger partial charge is 0.236 e. The molecule has 0 aromatic heterocycles. The third-order valence-electron chi connectivity index (χ3n) is 2.12. The number of rotatable bonds is 3. The Bertz CT molecular complexity index is 173. The molecule has 1 rings (SSSR count). The Balaban J connectivity index is 2.28. The lowest BCUT2D eigenvalue weighted by Gasteiger charge is -2.31. The van der Waals surface area contributed by atoms with E-state index >= 15 is 0 Å². The molecule has 0 aromatic carbocycles. The van der Waals surface area contributed by atoms with E-state index in [0.717, 1.165) is 19.6 Å². The van der Waals surface area contributed by atoms with Gasteiger partial charge in [0.15, 0.2) is 0 Å². The highest BCUT2D eigenvalue weighted by Gasteiger charge is 2.20. The van der Waals surface area contributed by atoms with E-state index in [1.54, 1.807) is 0 Å². The summed E-state index contributed by atoms with van der Waals surface area (Å²) in [5.41, 5.74) is 0. The molecule has 1 saturated heterocycles. The van der Waals surface area contributed by atoms with Gasteiger partial charge in [0.1, 0.15) is 0 Å². The monoisotopic (exact) mass is 186 g/mol. The molecule has 1 aliphatic heterocycles. The number of carbonyl (C=O) groups excluding carboxylic acids is 1. The predicted octanol–water partition coefficient (Wildman–Crippen LogP) is -0.157. The van der Waals surface area contributed by atoms with Crippen molar-refractivity contribution in [1.82, 2.24) is 10.2 Å². The Morgan fingerprint density at radius 3 is 3.08 bits per heavy atom. The quantitative estimate of drug-likeness (QED) is 0.666. The van der Waals surface area contributed by atoms with Gasteiger partial charge in [-0.2, -0.15) is 0 Å². The van der Waals surface area contributed by atoms with Gasteiger partial charge in [-0.1, -0.05) is 6.92 Å². The van der Waals surface area contributed by atoms with E-state index in [1.807, 2.05) is 18.7 Å². The van der Waals surface area contributed by atoms with Crippen molar-refractivity contribution in [2.45, 2.75) is 20.0 Å². The van der Waals surface area contributed by atoms with Crippen LogP contribution in [0.4, 0.5) is 0 Å². The van der Waals surface area contributed by atoms with Gasteiger partial charge >= 0.3 is 0 Å². The van der Waals surface area contributed by atoms with Crippen LogP contribution < -0.4 is 5.32 Å². The molecule has 1 amide bonds. The largest absolute Gasteiger partial charge is 0.375 e. The van der Waals surface area contributed by atoms with Crippen molar-refractivity contribution in [1.29, 1.82) is 0 Å². The first-order valence-electron chi connectivity index (χ1n) is 4.84. The molecule has 1 fully saturated rings. The van der Waals surface area contributed by atoms with Gasteiger partial charge < -0.3 is 15.0 Å². The molecule has 4 heteroatoms. The van der Waals surface area contributed by atoms with Gasteiger partial charge in [0, 0.05) is 13.1 Å². The Morgan fingerprint density at radius 2 is 2.46 bits per heavy atom. The SMILES string of the molecule is CCNCC(=O)N1CCOC(C)C1. The van der Waals surface area contributed by atoms with E-state index in [0.29, 0.717) is 13.2 Å². The van der Waals surface area contributed by atoms with Crippen LogP contribution in [0, 0.1) is 0 Å². The maximum atomic E-state index is 11.5.